The van der Waals surface area contributed by atoms with Gasteiger partial charge in [-0.15, -0.1) is 0 Å². The maximum atomic E-state index is 13.8. The predicted octanol–water partition coefficient (Wildman–Crippen LogP) is 5.72. The van der Waals surface area contributed by atoms with E-state index in [-0.39, 0.29) is 5.82 Å². The first-order chi connectivity index (χ1) is 10.3. The monoisotopic (exact) mass is 276 g/mol. The third kappa shape index (κ3) is 2.87. The molecular weight excluding hydrogens is 259 g/mol. The molecule has 0 nitrogen and oxygen atoms in total. The molecule has 1 heteroatoms. The predicted molar refractivity (Wildman–Crippen MR) is 86.7 cm³/mol. The highest BCUT2D eigenvalue weighted by molar-refractivity contribution is 5.70. The number of aryl methyl sites for hydroxylation is 1. The van der Waals surface area contributed by atoms with E-state index in [0.717, 1.165) is 17.5 Å². The molecule has 0 saturated heterocycles. The fraction of sp³-hybridized carbons (Fsp3) is 0.100. The summed E-state index contributed by atoms with van der Waals surface area (Å²) in [6.07, 6.45) is 1.05. The lowest BCUT2D eigenvalue weighted by atomic mass is 9.99. The number of benzene rings is 3. The highest BCUT2D eigenvalue weighted by Crippen LogP contribution is 2.26. The van der Waals surface area contributed by atoms with E-state index in [4.69, 9.17) is 0 Å². The first kappa shape index (κ1) is 13.6. The molecule has 0 bridgehead atoms. The van der Waals surface area contributed by atoms with Crippen LogP contribution in [0.4, 0.5) is 4.39 Å². The maximum Gasteiger partial charge on any atom is 0.131 e. The Morgan fingerprint density at radius 3 is 1.76 bits per heavy atom. The van der Waals surface area contributed by atoms with Crippen molar-refractivity contribution in [3.8, 4) is 22.3 Å². The Balaban J connectivity index is 1.92. The average Bonchev–Trinajstić information content (AvgIpc) is 2.56. The minimum atomic E-state index is -0.183. The van der Waals surface area contributed by atoms with Crippen molar-refractivity contribution in [1.29, 1.82) is 0 Å². The lowest BCUT2D eigenvalue weighted by Gasteiger charge is -2.06. The summed E-state index contributed by atoms with van der Waals surface area (Å²) in [7, 11) is 0. The molecule has 104 valence electrons. The quantitative estimate of drug-likeness (QED) is 0.573. The minimum absolute atomic E-state index is 0.183. The van der Waals surface area contributed by atoms with Crippen LogP contribution in [0.2, 0.25) is 0 Å². The van der Waals surface area contributed by atoms with E-state index in [0.29, 0.717) is 5.56 Å². The van der Waals surface area contributed by atoms with Gasteiger partial charge in [-0.2, -0.15) is 0 Å². The van der Waals surface area contributed by atoms with E-state index in [2.05, 4.69) is 31.2 Å². The SMILES string of the molecule is CCc1ccc(-c2ccc(-c3ccccc3F)cc2)cc1. The molecule has 3 aromatic rings. The van der Waals surface area contributed by atoms with Gasteiger partial charge in [-0.1, -0.05) is 73.7 Å². The smallest absolute Gasteiger partial charge is 0.131 e. The third-order valence-electron chi connectivity index (χ3n) is 3.77. The van der Waals surface area contributed by atoms with E-state index in [1.54, 1.807) is 12.1 Å². The van der Waals surface area contributed by atoms with Gasteiger partial charge in [0.1, 0.15) is 5.82 Å². The Kier molecular flexibility index (Phi) is 3.83. The zero-order chi connectivity index (χ0) is 14.7. The molecular formula is C20H17F. The van der Waals surface area contributed by atoms with Crippen molar-refractivity contribution in [3.05, 3.63) is 84.2 Å². The molecule has 0 fully saturated rings. The van der Waals surface area contributed by atoms with Crippen LogP contribution in [0.3, 0.4) is 0 Å². The maximum absolute atomic E-state index is 13.8. The van der Waals surface area contributed by atoms with Crippen LogP contribution in [0, 0.1) is 5.82 Å². The fourth-order valence-corrected chi connectivity index (χ4v) is 2.47. The van der Waals surface area contributed by atoms with Gasteiger partial charge in [0.2, 0.25) is 0 Å². The number of hydrogen-bond acceptors (Lipinski definition) is 0. The molecule has 0 N–H and O–H groups in total. The first-order valence-corrected chi connectivity index (χ1v) is 7.22. The molecule has 0 aliphatic rings. The Hall–Kier alpha value is -2.41. The van der Waals surface area contributed by atoms with Crippen molar-refractivity contribution in [2.24, 2.45) is 0 Å². The van der Waals surface area contributed by atoms with Crippen LogP contribution < -0.4 is 0 Å². The van der Waals surface area contributed by atoms with Gasteiger partial charge < -0.3 is 0 Å². The summed E-state index contributed by atoms with van der Waals surface area (Å²) in [4.78, 5) is 0. The summed E-state index contributed by atoms with van der Waals surface area (Å²) < 4.78 is 13.8. The largest absolute Gasteiger partial charge is 0.206 e. The van der Waals surface area contributed by atoms with E-state index in [1.165, 1.54) is 17.2 Å². The van der Waals surface area contributed by atoms with Gasteiger partial charge in [0.15, 0.2) is 0 Å². The standard InChI is InChI=1S/C20H17F/c1-2-15-7-9-16(10-8-15)17-11-13-18(14-12-17)19-5-3-4-6-20(19)21/h3-14H,2H2,1H3. The van der Waals surface area contributed by atoms with Gasteiger partial charge >= 0.3 is 0 Å². The molecule has 3 rings (SSSR count). The van der Waals surface area contributed by atoms with Crippen LogP contribution in [-0.4, -0.2) is 0 Å². The van der Waals surface area contributed by atoms with Crippen molar-refractivity contribution in [2.75, 3.05) is 0 Å². The van der Waals surface area contributed by atoms with Crippen LogP contribution >= 0.6 is 0 Å². The van der Waals surface area contributed by atoms with Gasteiger partial charge in [0.25, 0.3) is 0 Å². The molecule has 0 unspecified atom stereocenters. The number of rotatable bonds is 3. The summed E-state index contributed by atoms with van der Waals surface area (Å²) in [6, 6.07) is 23.5. The summed E-state index contributed by atoms with van der Waals surface area (Å²) in [5, 5.41) is 0. The van der Waals surface area contributed by atoms with Crippen molar-refractivity contribution >= 4 is 0 Å². The molecule has 0 saturated carbocycles. The van der Waals surface area contributed by atoms with E-state index < -0.39 is 0 Å². The molecule has 0 aromatic heterocycles. The van der Waals surface area contributed by atoms with Crippen molar-refractivity contribution in [2.45, 2.75) is 13.3 Å². The molecule has 0 aliphatic carbocycles. The van der Waals surface area contributed by atoms with E-state index in [9.17, 15) is 4.39 Å². The Labute approximate surface area is 124 Å². The molecule has 21 heavy (non-hydrogen) atoms. The molecule has 0 heterocycles. The van der Waals surface area contributed by atoms with Gasteiger partial charge in [0, 0.05) is 5.56 Å². The Morgan fingerprint density at radius 2 is 1.19 bits per heavy atom. The second-order valence-corrected chi connectivity index (χ2v) is 5.11. The number of hydrogen-bond donors (Lipinski definition) is 0. The molecule has 0 atom stereocenters. The van der Waals surface area contributed by atoms with Crippen LogP contribution in [0.5, 0.6) is 0 Å². The molecule has 3 aromatic carbocycles. The van der Waals surface area contributed by atoms with Gasteiger partial charge in [-0.25, -0.2) is 4.39 Å². The van der Waals surface area contributed by atoms with Gasteiger partial charge in [-0.05, 0) is 34.7 Å². The van der Waals surface area contributed by atoms with Gasteiger partial charge in [-0.3, -0.25) is 0 Å². The van der Waals surface area contributed by atoms with Crippen LogP contribution in [-0.2, 0) is 6.42 Å². The zero-order valence-corrected chi connectivity index (χ0v) is 12.0. The summed E-state index contributed by atoms with van der Waals surface area (Å²) in [5.74, 6) is -0.183. The molecule has 0 radical (unpaired) electrons. The highest BCUT2D eigenvalue weighted by atomic mass is 19.1. The first-order valence-electron chi connectivity index (χ1n) is 7.22. The molecule has 0 amide bonds. The molecule has 0 aliphatic heterocycles. The van der Waals surface area contributed by atoms with Crippen LogP contribution in [0.25, 0.3) is 22.3 Å². The van der Waals surface area contributed by atoms with E-state index in [1.807, 2.05) is 30.3 Å². The van der Waals surface area contributed by atoms with Crippen LogP contribution in [0.1, 0.15) is 12.5 Å². The van der Waals surface area contributed by atoms with Crippen molar-refractivity contribution in [1.82, 2.24) is 0 Å². The third-order valence-corrected chi connectivity index (χ3v) is 3.77. The average molecular weight is 276 g/mol. The number of halogens is 1. The Morgan fingerprint density at radius 1 is 0.667 bits per heavy atom. The van der Waals surface area contributed by atoms with Crippen molar-refractivity contribution in [3.63, 3.8) is 0 Å². The highest BCUT2D eigenvalue weighted by Gasteiger charge is 2.04. The normalized spacial score (nSPS) is 10.6. The summed E-state index contributed by atoms with van der Waals surface area (Å²) >= 11 is 0. The van der Waals surface area contributed by atoms with Gasteiger partial charge in [0.05, 0.1) is 0 Å². The topological polar surface area (TPSA) is 0 Å². The minimum Gasteiger partial charge on any atom is -0.206 e. The Bertz CT molecular complexity index is 725. The van der Waals surface area contributed by atoms with Crippen LogP contribution in [0.15, 0.2) is 72.8 Å². The fourth-order valence-electron chi connectivity index (χ4n) is 2.47. The summed E-state index contributed by atoms with van der Waals surface area (Å²) in [6.45, 7) is 2.15. The second kappa shape index (κ2) is 5.92. The second-order valence-electron chi connectivity index (χ2n) is 5.11. The zero-order valence-electron chi connectivity index (χ0n) is 12.0. The summed E-state index contributed by atoms with van der Waals surface area (Å²) in [5.41, 5.74) is 5.22. The lowest BCUT2D eigenvalue weighted by Crippen LogP contribution is -1.85. The molecule has 0 spiro atoms. The van der Waals surface area contributed by atoms with Crippen molar-refractivity contribution < 1.29 is 4.39 Å². The lowest BCUT2D eigenvalue weighted by molar-refractivity contribution is 0.631. The van der Waals surface area contributed by atoms with E-state index >= 15 is 0 Å².